The highest BCUT2D eigenvalue weighted by Gasteiger charge is 2.19. The lowest BCUT2D eigenvalue weighted by Crippen LogP contribution is -2.14. The Morgan fingerprint density at radius 2 is 1.77 bits per heavy atom. The molecule has 0 heterocycles. The fraction of sp³-hybridized carbons (Fsp3) is 0.0714. The fourth-order valence-electron chi connectivity index (χ4n) is 1.74. The molecule has 0 spiro atoms. The summed E-state index contributed by atoms with van der Waals surface area (Å²) in [6.07, 6.45) is 0. The van der Waals surface area contributed by atoms with Gasteiger partial charge in [0, 0.05) is 0 Å². The Bertz CT molecular complexity index is 850. The Morgan fingerprint density at radius 3 is 2.36 bits per heavy atom. The van der Waals surface area contributed by atoms with Crippen molar-refractivity contribution < 1.29 is 18.3 Å². The van der Waals surface area contributed by atoms with Crippen LogP contribution in [0.15, 0.2) is 41.3 Å². The van der Waals surface area contributed by atoms with Crippen LogP contribution in [0.2, 0.25) is 10.0 Å². The molecule has 5 nitrogen and oxygen atoms in total. The van der Waals surface area contributed by atoms with E-state index in [0.29, 0.717) is 0 Å². The largest absolute Gasteiger partial charge is 0.478 e. The van der Waals surface area contributed by atoms with E-state index in [4.69, 9.17) is 28.3 Å². The van der Waals surface area contributed by atoms with Crippen molar-refractivity contribution >= 4 is 44.9 Å². The molecule has 0 radical (unpaired) electrons. The molecule has 0 aliphatic carbocycles. The minimum Gasteiger partial charge on any atom is -0.478 e. The summed E-state index contributed by atoms with van der Waals surface area (Å²) in [6, 6.07) is 8.28. The summed E-state index contributed by atoms with van der Waals surface area (Å²) < 4.78 is 27.0. The van der Waals surface area contributed by atoms with Crippen LogP contribution in [0.1, 0.15) is 15.9 Å². The summed E-state index contributed by atoms with van der Waals surface area (Å²) in [7, 11) is -3.98. The predicted octanol–water partition coefficient (Wildman–Crippen LogP) is 3.80. The molecular formula is C14H11Cl2NO4S. The van der Waals surface area contributed by atoms with E-state index in [0.717, 1.165) is 11.6 Å². The Kier molecular flexibility index (Phi) is 4.65. The van der Waals surface area contributed by atoms with E-state index in [-0.39, 0.29) is 26.2 Å². The van der Waals surface area contributed by atoms with E-state index in [9.17, 15) is 13.2 Å². The van der Waals surface area contributed by atoms with Gasteiger partial charge in [0.25, 0.3) is 10.0 Å². The molecule has 0 atom stereocenters. The molecule has 22 heavy (non-hydrogen) atoms. The second kappa shape index (κ2) is 6.16. The molecule has 2 aromatic carbocycles. The molecule has 2 N–H and O–H groups in total. The van der Waals surface area contributed by atoms with Crippen molar-refractivity contribution in [1.29, 1.82) is 0 Å². The maximum absolute atomic E-state index is 12.3. The van der Waals surface area contributed by atoms with Crippen molar-refractivity contribution in [3.63, 3.8) is 0 Å². The van der Waals surface area contributed by atoms with E-state index in [1.54, 1.807) is 12.1 Å². The third-order valence-corrected chi connectivity index (χ3v) is 4.85. The normalized spacial score (nSPS) is 11.2. The molecule has 0 unspecified atom stereocenters. The molecule has 0 aliphatic rings. The van der Waals surface area contributed by atoms with Gasteiger partial charge in [-0.3, -0.25) is 4.72 Å². The summed E-state index contributed by atoms with van der Waals surface area (Å²) in [4.78, 5) is 10.8. The van der Waals surface area contributed by atoms with Gasteiger partial charge in [0.1, 0.15) is 0 Å². The van der Waals surface area contributed by atoms with Gasteiger partial charge in [-0.1, -0.05) is 29.3 Å². The number of aromatic carboxylic acids is 1. The van der Waals surface area contributed by atoms with Crippen LogP contribution in [0, 0.1) is 6.92 Å². The number of rotatable bonds is 4. The smallest absolute Gasteiger partial charge is 0.337 e. The van der Waals surface area contributed by atoms with Crippen LogP contribution in [0.25, 0.3) is 0 Å². The van der Waals surface area contributed by atoms with E-state index in [1.165, 1.54) is 18.2 Å². The van der Waals surface area contributed by atoms with Gasteiger partial charge in [-0.2, -0.15) is 0 Å². The zero-order valence-corrected chi connectivity index (χ0v) is 13.6. The van der Waals surface area contributed by atoms with Gasteiger partial charge in [0.15, 0.2) is 0 Å². The molecule has 0 fully saturated rings. The second-order valence-electron chi connectivity index (χ2n) is 4.54. The number of carboxylic acid groups (broad SMARTS) is 1. The number of halogens is 2. The van der Waals surface area contributed by atoms with Crippen LogP contribution in [0.4, 0.5) is 5.69 Å². The molecule has 0 saturated carbocycles. The van der Waals surface area contributed by atoms with Crippen molar-refractivity contribution in [2.75, 3.05) is 4.72 Å². The third kappa shape index (κ3) is 3.52. The first-order valence-electron chi connectivity index (χ1n) is 6.02. The van der Waals surface area contributed by atoms with Gasteiger partial charge >= 0.3 is 5.97 Å². The van der Waals surface area contributed by atoms with E-state index < -0.39 is 16.0 Å². The number of anilines is 1. The van der Waals surface area contributed by atoms with Crippen molar-refractivity contribution in [2.24, 2.45) is 0 Å². The van der Waals surface area contributed by atoms with Crippen LogP contribution >= 0.6 is 23.2 Å². The van der Waals surface area contributed by atoms with Crippen molar-refractivity contribution in [2.45, 2.75) is 11.8 Å². The summed E-state index contributed by atoms with van der Waals surface area (Å²) >= 11 is 11.7. The van der Waals surface area contributed by atoms with Crippen molar-refractivity contribution in [1.82, 2.24) is 0 Å². The molecule has 0 aromatic heterocycles. The first-order valence-corrected chi connectivity index (χ1v) is 8.26. The zero-order chi connectivity index (χ0) is 16.5. The fourth-order valence-corrected chi connectivity index (χ4v) is 3.38. The summed E-state index contributed by atoms with van der Waals surface area (Å²) in [5.74, 6) is -1.31. The monoisotopic (exact) mass is 359 g/mol. The third-order valence-electron chi connectivity index (χ3n) is 2.85. The maximum atomic E-state index is 12.3. The maximum Gasteiger partial charge on any atom is 0.337 e. The van der Waals surface area contributed by atoms with Gasteiger partial charge in [-0.15, -0.1) is 0 Å². The minimum absolute atomic E-state index is 0.0418. The topological polar surface area (TPSA) is 83.5 Å². The average Bonchev–Trinajstić information content (AvgIpc) is 2.42. The summed E-state index contributed by atoms with van der Waals surface area (Å²) in [5.41, 5.74) is 0.797. The van der Waals surface area contributed by atoms with Gasteiger partial charge in [0.2, 0.25) is 0 Å². The number of benzene rings is 2. The van der Waals surface area contributed by atoms with E-state index in [2.05, 4.69) is 4.72 Å². The van der Waals surface area contributed by atoms with E-state index in [1.807, 2.05) is 6.92 Å². The number of carboxylic acids is 1. The minimum atomic E-state index is -3.98. The number of sulfonamides is 1. The molecule has 0 amide bonds. The summed E-state index contributed by atoms with van der Waals surface area (Å²) in [6.45, 7) is 1.82. The number of hydrogen-bond acceptors (Lipinski definition) is 3. The number of nitrogens with one attached hydrogen (secondary N) is 1. The van der Waals surface area contributed by atoms with Crippen molar-refractivity contribution in [3.8, 4) is 0 Å². The number of hydrogen-bond donors (Lipinski definition) is 2. The lowest BCUT2D eigenvalue weighted by atomic mass is 10.2. The molecule has 2 aromatic rings. The number of aryl methyl sites for hydroxylation is 1. The van der Waals surface area contributed by atoms with Gasteiger partial charge in [-0.05, 0) is 42.8 Å². The highest BCUT2D eigenvalue weighted by atomic mass is 35.5. The molecule has 116 valence electrons. The van der Waals surface area contributed by atoms with Crippen LogP contribution in [-0.4, -0.2) is 19.5 Å². The zero-order valence-electron chi connectivity index (χ0n) is 11.3. The highest BCUT2D eigenvalue weighted by molar-refractivity contribution is 7.92. The first-order chi connectivity index (χ1) is 10.2. The molecule has 0 saturated heterocycles. The molecule has 2 rings (SSSR count). The Labute approximate surface area is 137 Å². The van der Waals surface area contributed by atoms with E-state index >= 15 is 0 Å². The van der Waals surface area contributed by atoms with Crippen LogP contribution in [-0.2, 0) is 10.0 Å². The molecule has 8 heteroatoms. The standard InChI is InChI=1S/C14H11Cl2NO4S/c1-8-2-5-13(12(16)6-8)17-22(20,21)9-3-4-11(15)10(7-9)14(18)19/h2-7,17H,1H3,(H,18,19). The Balaban J connectivity index is 2.42. The number of carbonyl (C=O) groups is 1. The molecular weight excluding hydrogens is 349 g/mol. The Hall–Kier alpha value is -1.76. The van der Waals surface area contributed by atoms with Gasteiger partial charge in [-0.25, -0.2) is 13.2 Å². The lowest BCUT2D eigenvalue weighted by Gasteiger charge is -2.11. The van der Waals surface area contributed by atoms with Gasteiger partial charge in [0.05, 0.1) is 26.2 Å². The lowest BCUT2D eigenvalue weighted by molar-refractivity contribution is 0.0697. The van der Waals surface area contributed by atoms with Crippen LogP contribution in [0.5, 0.6) is 0 Å². The SMILES string of the molecule is Cc1ccc(NS(=O)(=O)c2ccc(Cl)c(C(=O)O)c2)c(Cl)c1. The van der Waals surface area contributed by atoms with Gasteiger partial charge < -0.3 is 5.11 Å². The highest BCUT2D eigenvalue weighted by Crippen LogP contribution is 2.27. The predicted molar refractivity (Wildman–Crippen MR) is 85.4 cm³/mol. The summed E-state index contributed by atoms with van der Waals surface area (Å²) in [5, 5.41) is 9.20. The Morgan fingerprint density at radius 1 is 1.09 bits per heavy atom. The first kappa shape index (κ1) is 16.6. The second-order valence-corrected chi connectivity index (χ2v) is 7.03. The van der Waals surface area contributed by atoms with Crippen LogP contribution in [0.3, 0.4) is 0 Å². The molecule has 0 bridgehead atoms. The quantitative estimate of drug-likeness (QED) is 0.869. The average molecular weight is 360 g/mol. The van der Waals surface area contributed by atoms with Crippen LogP contribution < -0.4 is 4.72 Å². The molecule has 0 aliphatic heterocycles. The van der Waals surface area contributed by atoms with Crippen molar-refractivity contribution in [3.05, 3.63) is 57.6 Å².